The lowest BCUT2D eigenvalue weighted by molar-refractivity contribution is 0.0554. The number of nitrogens with zero attached hydrogens (tertiary/aromatic N) is 4. The predicted molar refractivity (Wildman–Crippen MR) is 185 cm³/mol. The second-order valence-electron chi connectivity index (χ2n) is 14.0. The average molecular weight is 632 g/mol. The fourth-order valence-electron chi connectivity index (χ4n) is 5.56. The maximum absolute atomic E-state index is 14.6. The van der Waals surface area contributed by atoms with Crippen LogP contribution in [0.2, 0.25) is 18.1 Å². The molecule has 2 heterocycles. The minimum absolute atomic E-state index is 0.0604. The summed E-state index contributed by atoms with van der Waals surface area (Å²) in [5.41, 5.74) is 11.4. The van der Waals surface area contributed by atoms with Crippen molar-refractivity contribution in [3.05, 3.63) is 76.6 Å². The molecule has 2 amide bonds. The van der Waals surface area contributed by atoms with Crippen molar-refractivity contribution in [3.63, 3.8) is 0 Å². The molecule has 0 radical (unpaired) electrons. The van der Waals surface area contributed by atoms with E-state index >= 15 is 0 Å². The fourth-order valence-corrected chi connectivity index (χ4v) is 6.60. The van der Waals surface area contributed by atoms with Gasteiger partial charge in [-0.3, -0.25) is 9.59 Å². The molecule has 0 saturated carbocycles. The molecule has 0 fully saturated rings. The third-order valence-electron chi connectivity index (χ3n) is 9.50. The Hall–Kier alpha value is -3.43. The van der Waals surface area contributed by atoms with Gasteiger partial charge in [0.15, 0.2) is 14.0 Å². The number of hydrogen-bond acceptors (Lipinski definition) is 5. The number of unbranched alkanes of at least 4 members (excludes halogenated alkanes) is 2. The standard InChI is InChI=1S/C36H53N5O3Si/c1-9-11-19-39(20-12-10-2)35(43)32-21-26(3)41(38-32)33-18-17-29(37)23-31(33)34(42)40-24-28-16-14-13-15-27(28)22-30(40)25-44-45(7,8)36(4,5)6/h13-18,21,23,30H,9-12,19-20,22,24-25,37H2,1-8H3/t30-/m0/s1. The number of fused-ring (bicyclic) bond motifs is 1. The molecule has 8 nitrogen and oxygen atoms in total. The highest BCUT2D eigenvalue weighted by Gasteiger charge is 2.39. The van der Waals surface area contributed by atoms with Gasteiger partial charge in [-0.2, -0.15) is 5.10 Å². The van der Waals surface area contributed by atoms with E-state index in [1.165, 1.54) is 5.56 Å². The number of carbonyl (C=O) groups excluding carboxylic acids is 2. The zero-order chi connectivity index (χ0) is 32.9. The molecule has 1 aliphatic rings. The normalized spacial score (nSPS) is 15.2. The summed E-state index contributed by atoms with van der Waals surface area (Å²) in [7, 11) is -2.05. The molecule has 0 unspecified atom stereocenters. The minimum Gasteiger partial charge on any atom is -0.415 e. The lowest BCUT2D eigenvalue weighted by Crippen LogP contribution is -2.50. The third kappa shape index (κ3) is 7.87. The molecule has 0 spiro atoms. The van der Waals surface area contributed by atoms with Gasteiger partial charge in [0.05, 0.1) is 23.9 Å². The predicted octanol–water partition coefficient (Wildman–Crippen LogP) is 7.39. The molecule has 45 heavy (non-hydrogen) atoms. The van der Waals surface area contributed by atoms with Crippen LogP contribution in [0.3, 0.4) is 0 Å². The molecule has 244 valence electrons. The molecule has 2 N–H and O–H groups in total. The molecule has 0 saturated heterocycles. The van der Waals surface area contributed by atoms with E-state index in [0.29, 0.717) is 48.9 Å². The van der Waals surface area contributed by atoms with Crippen LogP contribution in [0.4, 0.5) is 5.69 Å². The molecule has 3 aromatic rings. The number of aryl methyl sites for hydroxylation is 1. The van der Waals surface area contributed by atoms with Gasteiger partial charge in [-0.25, -0.2) is 4.68 Å². The minimum atomic E-state index is -2.05. The zero-order valence-corrected chi connectivity index (χ0v) is 29.7. The van der Waals surface area contributed by atoms with E-state index in [2.05, 4.69) is 65.9 Å². The van der Waals surface area contributed by atoms with E-state index in [0.717, 1.165) is 43.4 Å². The first-order valence-corrected chi connectivity index (χ1v) is 19.5. The largest absolute Gasteiger partial charge is 0.415 e. The molecule has 4 rings (SSSR count). The first kappa shape index (κ1) is 34.4. The molecule has 0 bridgehead atoms. The Kier molecular flexibility index (Phi) is 11.0. The highest BCUT2D eigenvalue weighted by Crippen LogP contribution is 2.37. The highest BCUT2D eigenvalue weighted by atomic mass is 28.4. The number of nitrogen functional groups attached to an aromatic ring is 1. The number of carbonyl (C=O) groups is 2. The van der Waals surface area contributed by atoms with E-state index in [4.69, 9.17) is 15.3 Å². The first-order chi connectivity index (χ1) is 21.3. The Morgan fingerprint density at radius 1 is 1.02 bits per heavy atom. The highest BCUT2D eigenvalue weighted by molar-refractivity contribution is 6.74. The summed E-state index contributed by atoms with van der Waals surface area (Å²) in [6, 6.07) is 15.4. The van der Waals surface area contributed by atoms with Crippen molar-refractivity contribution in [3.8, 4) is 5.69 Å². The van der Waals surface area contributed by atoms with Crippen LogP contribution in [-0.4, -0.2) is 65.5 Å². The summed E-state index contributed by atoms with van der Waals surface area (Å²) in [6.07, 6.45) is 4.65. The number of anilines is 1. The number of nitrogens with two attached hydrogens (primary N) is 1. The summed E-state index contributed by atoms with van der Waals surface area (Å²) in [4.78, 5) is 32.0. The molecule has 9 heteroatoms. The van der Waals surface area contributed by atoms with Crippen molar-refractivity contribution in [1.82, 2.24) is 19.6 Å². The van der Waals surface area contributed by atoms with E-state index in [1.807, 2.05) is 34.9 Å². The molecule has 0 aliphatic carbocycles. The van der Waals surface area contributed by atoms with Crippen LogP contribution >= 0.6 is 0 Å². The van der Waals surface area contributed by atoms with Gasteiger partial charge in [0.2, 0.25) is 0 Å². The molecule has 1 atom stereocenters. The Morgan fingerprint density at radius 2 is 1.67 bits per heavy atom. The van der Waals surface area contributed by atoms with Crippen LogP contribution in [0.1, 0.15) is 98.0 Å². The average Bonchev–Trinajstić information content (AvgIpc) is 3.39. The second kappa shape index (κ2) is 14.3. The summed E-state index contributed by atoms with van der Waals surface area (Å²) >= 11 is 0. The van der Waals surface area contributed by atoms with Crippen molar-refractivity contribution in [2.24, 2.45) is 0 Å². The van der Waals surface area contributed by atoms with Crippen molar-refractivity contribution >= 4 is 25.8 Å². The Labute approximate surface area is 271 Å². The molecule has 1 aromatic heterocycles. The van der Waals surface area contributed by atoms with Crippen LogP contribution in [0.15, 0.2) is 48.5 Å². The van der Waals surface area contributed by atoms with Crippen molar-refractivity contribution in [2.75, 3.05) is 25.4 Å². The van der Waals surface area contributed by atoms with Crippen LogP contribution in [0.5, 0.6) is 0 Å². The van der Waals surface area contributed by atoms with Crippen LogP contribution in [0.25, 0.3) is 5.69 Å². The summed E-state index contributed by atoms with van der Waals surface area (Å²) in [5, 5.41) is 4.84. The number of hydrogen-bond donors (Lipinski definition) is 1. The van der Waals surface area contributed by atoms with Gasteiger partial charge in [-0.05, 0) is 79.7 Å². The van der Waals surface area contributed by atoms with Crippen molar-refractivity contribution < 1.29 is 14.0 Å². The van der Waals surface area contributed by atoms with Crippen LogP contribution in [0, 0.1) is 6.92 Å². The van der Waals surface area contributed by atoms with Gasteiger partial charge in [0.1, 0.15) is 0 Å². The SMILES string of the molecule is CCCCN(CCCC)C(=O)c1cc(C)n(-c2ccc(N)cc2C(=O)N2Cc3ccccc3C[C@H]2CO[Si](C)(C)C(C)(C)C)n1. The van der Waals surface area contributed by atoms with Crippen molar-refractivity contribution in [2.45, 2.75) is 104 Å². The molecular weight excluding hydrogens is 579 g/mol. The van der Waals surface area contributed by atoms with Crippen LogP contribution in [-0.2, 0) is 17.4 Å². The first-order valence-electron chi connectivity index (χ1n) is 16.5. The third-order valence-corrected chi connectivity index (χ3v) is 14.0. The molecular formula is C36H53N5O3Si. The number of benzene rings is 2. The summed E-state index contributed by atoms with van der Waals surface area (Å²) in [5.74, 6) is -0.191. The van der Waals surface area contributed by atoms with Gasteiger partial charge in [-0.15, -0.1) is 0 Å². The summed E-state index contributed by atoms with van der Waals surface area (Å²) < 4.78 is 8.41. The maximum Gasteiger partial charge on any atom is 0.274 e. The van der Waals surface area contributed by atoms with E-state index in [1.54, 1.807) is 16.8 Å². The lowest BCUT2D eigenvalue weighted by Gasteiger charge is -2.41. The smallest absolute Gasteiger partial charge is 0.274 e. The lowest BCUT2D eigenvalue weighted by atomic mass is 9.93. The van der Waals surface area contributed by atoms with Crippen LogP contribution < -0.4 is 5.73 Å². The summed E-state index contributed by atoms with van der Waals surface area (Å²) in [6.45, 7) is 19.7. The Balaban J connectivity index is 1.70. The Bertz CT molecular complexity index is 1480. The number of amides is 2. The van der Waals surface area contributed by atoms with E-state index in [9.17, 15) is 9.59 Å². The van der Waals surface area contributed by atoms with Crippen molar-refractivity contribution in [1.29, 1.82) is 0 Å². The van der Waals surface area contributed by atoms with Gasteiger partial charge in [0, 0.05) is 31.0 Å². The van der Waals surface area contributed by atoms with E-state index in [-0.39, 0.29) is 22.9 Å². The molecule has 1 aliphatic heterocycles. The zero-order valence-electron chi connectivity index (χ0n) is 28.7. The number of aromatic nitrogens is 2. The Morgan fingerprint density at radius 3 is 2.29 bits per heavy atom. The fraction of sp³-hybridized carbons (Fsp3) is 0.528. The van der Waals surface area contributed by atoms with Gasteiger partial charge in [-0.1, -0.05) is 71.7 Å². The topological polar surface area (TPSA) is 93.7 Å². The van der Waals surface area contributed by atoms with Gasteiger partial charge in [0.25, 0.3) is 11.8 Å². The maximum atomic E-state index is 14.6. The van der Waals surface area contributed by atoms with Gasteiger partial charge < -0.3 is 20.0 Å². The van der Waals surface area contributed by atoms with E-state index < -0.39 is 8.32 Å². The second-order valence-corrected chi connectivity index (χ2v) is 18.8. The van der Waals surface area contributed by atoms with Gasteiger partial charge >= 0.3 is 0 Å². The molecule has 2 aromatic carbocycles. The number of rotatable bonds is 12. The quantitative estimate of drug-likeness (QED) is 0.166. The monoisotopic (exact) mass is 631 g/mol.